The van der Waals surface area contributed by atoms with Crippen LogP contribution in [0.4, 0.5) is 0 Å². The summed E-state index contributed by atoms with van der Waals surface area (Å²) >= 11 is 0. The van der Waals surface area contributed by atoms with Crippen molar-refractivity contribution in [2.24, 2.45) is 0 Å². The van der Waals surface area contributed by atoms with Gasteiger partial charge in [0, 0.05) is 26.2 Å². The van der Waals surface area contributed by atoms with Crippen molar-refractivity contribution in [2.45, 2.75) is 58.8 Å². The lowest BCUT2D eigenvalue weighted by molar-refractivity contribution is -0.0700. The first-order chi connectivity index (χ1) is 7.61. The summed E-state index contributed by atoms with van der Waals surface area (Å²) < 4.78 is 11.4. The summed E-state index contributed by atoms with van der Waals surface area (Å²) in [5.74, 6) is 0. The largest absolute Gasteiger partial charge is 0.378 e. The zero-order valence-electron chi connectivity index (χ0n) is 11.2. The Morgan fingerprint density at radius 2 is 1.94 bits per heavy atom. The maximum absolute atomic E-state index is 5.71. The molecule has 96 valence electrons. The summed E-state index contributed by atoms with van der Waals surface area (Å²) in [5, 5.41) is 0. The van der Waals surface area contributed by atoms with Gasteiger partial charge in [-0.2, -0.15) is 0 Å². The van der Waals surface area contributed by atoms with Gasteiger partial charge >= 0.3 is 0 Å². The van der Waals surface area contributed by atoms with E-state index in [-0.39, 0.29) is 0 Å². The molecular weight excluding hydrogens is 202 g/mol. The number of hydrogen-bond acceptors (Lipinski definition) is 3. The minimum Gasteiger partial charge on any atom is -0.378 e. The minimum absolute atomic E-state index is 0.374. The summed E-state index contributed by atoms with van der Waals surface area (Å²) in [4.78, 5) is 2.48. The van der Waals surface area contributed by atoms with Crippen LogP contribution in [0, 0.1) is 0 Å². The van der Waals surface area contributed by atoms with Gasteiger partial charge in [0.15, 0.2) is 0 Å². The van der Waals surface area contributed by atoms with Crippen molar-refractivity contribution in [3.8, 4) is 0 Å². The minimum atomic E-state index is 0.374. The molecule has 0 aromatic carbocycles. The molecule has 3 nitrogen and oxygen atoms in total. The summed E-state index contributed by atoms with van der Waals surface area (Å²) in [6.45, 7) is 12.7. The lowest BCUT2D eigenvalue weighted by Gasteiger charge is -2.35. The van der Waals surface area contributed by atoms with Crippen molar-refractivity contribution in [3.05, 3.63) is 0 Å². The van der Waals surface area contributed by atoms with Crippen molar-refractivity contribution in [3.63, 3.8) is 0 Å². The van der Waals surface area contributed by atoms with Gasteiger partial charge < -0.3 is 9.47 Å². The Labute approximate surface area is 100 Å². The third kappa shape index (κ3) is 5.28. The predicted octanol–water partition coefficient (Wildman–Crippen LogP) is 2.30. The van der Waals surface area contributed by atoms with Gasteiger partial charge in [-0.25, -0.2) is 0 Å². The number of hydrogen-bond donors (Lipinski definition) is 0. The van der Waals surface area contributed by atoms with E-state index in [0.717, 1.165) is 39.1 Å². The molecule has 1 heterocycles. The van der Waals surface area contributed by atoms with Crippen LogP contribution in [0.2, 0.25) is 0 Å². The molecule has 1 fully saturated rings. The number of rotatable bonds is 6. The predicted molar refractivity (Wildman–Crippen MR) is 66.8 cm³/mol. The lowest BCUT2D eigenvalue weighted by atomic mass is 10.2. The van der Waals surface area contributed by atoms with Gasteiger partial charge in [0.25, 0.3) is 0 Å². The molecule has 3 heteroatoms. The van der Waals surface area contributed by atoms with Crippen molar-refractivity contribution < 1.29 is 9.47 Å². The fourth-order valence-corrected chi connectivity index (χ4v) is 2.16. The molecule has 0 N–H and O–H groups in total. The van der Waals surface area contributed by atoms with E-state index < -0.39 is 0 Å². The second kappa shape index (κ2) is 7.25. The molecule has 1 aliphatic rings. The van der Waals surface area contributed by atoms with Gasteiger partial charge in [0.05, 0.1) is 18.3 Å². The van der Waals surface area contributed by atoms with E-state index >= 15 is 0 Å². The van der Waals surface area contributed by atoms with Crippen LogP contribution in [0.15, 0.2) is 0 Å². The molecule has 0 bridgehead atoms. The molecule has 0 spiro atoms. The topological polar surface area (TPSA) is 21.7 Å². The van der Waals surface area contributed by atoms with E-state index in [0.29, 0.717) is 18.3 Å². The van der Waals surface area contributed by atoms with Crippen molar-refractivity contribution in [2.75, 3.05) is 26.2 Å². The Morgan fingerprint density at radius 1 is 1.31 bits per heavy atom. The molecule has 0 aromatic heterocycles. The molecule has 1 aliphatic heterocycles. The second-order valence-corrected chi connectivity index (χ2v) is 4.96. The average molecular weight is 229 g/mol. The normalized spacial score (nSPS) is 29.2. The van der Waals surface area contributed by atoms with Gasteiger partial charge in [0.1, 0.15) is 0 Å². The number of morpholine rings is 1. The molecule has 3 unspecified atom stereocenters. The fourth-order valence-electron chi connectivity index (χ4n) is 2.16. The molecule has 0 aliphatic carbocycles. The summed E-state index contributed by atoms with van der Waals surface area (Å²) in [6, 6.07) is 0. The molecule has 0 radical (unpaired) electrons. The average Bonchev–Trinajstić information content (AvgIpc) is 2.22. The summed E-state index contributed by atoms with van der Waals surface area (Å²) in [5.41, 5.74) is 0. The van der Waals surface area contributed by atoms with Gasteiger partial charge in [-0.05, 0) is 33.6 Å². The van der Waals surface area contributed by atoms with E-state index in [4.69, 9.17) is 9.47 Å². The van der Waals surface area contributed by atoms with E-state index in [2.05, 4.69) is 32.6 Å². The van der Waals surface area contributed by atoms with Crippen LogP contribution in [-0.2, 0) is 9.47 Å². The van der Waals surface area contributed by atoms with Gasteiger partial charge in [0.2, 0.25) is 0 Å². The molecule has 0 amide bonds. The number of nitrogens with zero attached hydrogens (tertiary/aromatic N) is 1. The molecular formula is C13H27NO2. The van der Waals surface area contributed by atoms with Gasteiger partial charge in [-0.3, -0.25) is 4.90 Å². The van der Waals surface area contributed by atoms with Crippen molar-refractivity contribution >= 4 is 0 Å². The van der Waals surface area contributed by atoms with Crippen LogP contribution >= 0.6 is 0 Å². The van der Waals surface area contributed by atoms with E-state index in [9.17, 15) is 0 Å². The first-order valence-electron chi connectivity index (χ1n) is 6.61. The van der Waals surface area contributed by atoms with Crippen LogP contribution in [0.25, 0.3) is 0 Å². The quantitative estimate of drug-likeness (QED) is 0.652. The third-order valence-electron chi connectivity index (χ3n) is 3.09. The summed E-state index contributed by atoms with van der Waals surface area (Å²) in [7, 11) is 0. The standard InChI is InChI=1S/C13H27NO2/c1-5-11(2)15-8-6-7-14-9-12(3)16-13(4)10-14/h11-13H,5-10H2,1-4H3. The zero-order valence-corrected chi connectivity index (χ0v) is 11.2. The molecule has 0 saturated carbocycles. The van der Waals surface area contributed by atoms with Crippen LogP contribution in [0.5, 0.6) is 0 Å². The lowest BCUT2D eigenvalue weighted by Crippen LogP contribution is -2.45. The Kier molecular flexibility index (Phi) is 6.32. The Hall–Kier alpha value is -0.120. The van der Waals surface area contributed by atoms with E-state index in [1.807, 2.05) is 0 Å². The molecule has 1 rings (SSSR count). The molecule has 0 aromatic rings. The second-order valence-electron chi connectivity index (χ2n) is 4.96. The molecule has 3 atom stereocenters. The first-order valence-corrected chi connectivity index (χ1v) is 6.61. The van der Waals surface area contributed by atoms with Crippen LogP contribution in [0.1, 0.15) is 40.5 Å². The highest BCUT2D eigenvalue weighted by Gasteiger charge is 2.21. The number of ether oxygens (including phenoxy) is 2. The van der Waals surface area contributed by atoms with E-state index in [1.165, 1.54) is 0 Å². The maximum atomic E-state index is 5.71. The van der Waals surface area contributed by atoms with Crippen molar-refractivity contribution in [1.82, 2.24) is 4.90 Å². The monoisotopic (exact) mass is 229 g/mol. The van der Waals surface area contributed by atoms with Crippen molar-refractivity contribution in [1.29, 1.82) is 0 Å². The fraction of sp³-hybridized carbons (Fsp3) is 1.00. The highest BCUT2D eigenvalue weighted by Crippen LogP contribution is 2.10. The van der Waals surface area contributed by atoms with Crippen LogP contribution in [-0.4, -0.2) is 49.5 Å². The van der Waals surface area contributed by atoms with Crippen LogP contribution < -0.4 is 0 Å². The SMILES string of the molecule is CCC(C)OCCCN1CC(C)OC(C)C1. The molecule has 16 heavy (non-hydrogen) atoms. The van der Waals surface area contributed by atoms with Gasteiger partial charge in [-0.1, -0.05) is 6.92 Å². The first kappa shape index (κ1) is 13.9. The summed E-state index contributed by atoms with van der Waals surface area (Å²) in [6.07, 6.45) is 3.39. The zero-order chi connectivity index (χ0) is 12.0. The Bertz CT molecular complexity index is 177. The third-order valence-corrected chi connectivity index (χ3v) is 3.09. The van der Waals surface area contributed by atoms with Gasteiger partial charge in [-0.15, -0.1) is 0 Å². The highest BCUT2D eigenvalue weighted by molar-refractivity contribution is 4.72. The highest BCUT2D eigenvalue weighted by atomic mass is 16.5. The van der Waals surface area contributed by atoms with Crippen LogP contribution in [0.3, 0.4) is 0 Å². The van der Waals surface area contributed by atoms with E-state index in [1.54, 1.807) is 0 Å². The Balaban J connectivity index is 2.08. The smallest absolute Gasteiger partial charge is 0.0678 e. The maximum Gasteiger partial charge on any atom is 0.0678 e. The Morgan fingerprint density at radius 3 is 2.50 bits per heavy atom. The molecule has 1 saturated heterocycles.